The Morgan fingerprint density at radius 2 is 1.82 bits per heavy atom. The molecule has 28 heavy (non-hydrogen) atoms. The van der Waals surface area contributed by atoms with Gasteiger partial charge in [-0.05, 0) is 23.8 Å². The van der Waals surface area contributed by atoms with E-state index in [1.54, 1.807) is 0 Å². The van der Waals surface area contributed by atoms with Gasteiger partial charge in [0.15, 0.2) is 0 Å². The lowest BCUT2D eigenvalue weighted by atomic mass is 9.85. The van der Waals surface area contributed by atoms with Crippen LogP contribution < -0.4 is 5.32 Å². The number of aromatic nitrogens is 2. The number of anilines is 1. The van der Waals surface area contributed by atoms with Crippen molar-refractivity contribution >= 4 is 34.2 Å². The van der Waals surface area contributed by atoms with Gasteiger partial charge in [-0.1, -0.05) is 53.8 Å². The minimum absolute atomic E-state index is 0.0106. The lowest BCUT2D eigenvalue weighted by Gasteiger charge is -2.27. The first-order valence-electron chi connectivity index (χ1n) is 9.29. The average Bonchev–Trinajstić information content (AvgIpc) is 3.47. The summed E-state index contributed by atoms with van der Waals surface area (Å²) in [5, 5.41) is 10.6. The number of imide groups is 1. The summed E-state index contributed by atoms with van der Waals surface area (Å²) in [7, 11) is 0. The van der Waals surface area contributed by atoms with E-state index in [9.17, 15) is 14.4 Å². The summed E-state index contributed by atoms with van der Waals surface area (Å²) in [6.45, 7) is 0. The Labute approximate surface area is 165 Å². The number of allylic oxidation sites excluding steroid dienone is 2. The Morgan fingerprint density at radius 1 is 1.14 bits per heavy atom. The van der Waals surface area contributed by atoms with Crippen molar-refractivity contribution in [3.63, 3.8) is 0 Å². The maximum absolute atomic E-state index is 13.2. The van der Waals surface area contributed by atoms with E-state index in [-0.39, 0.29) is 47.8 Å². The summed E-state index contributed by atoms with van der Waals surface area (Å²) in [4.78, 5) is 40.4. The van der Waals surface area contributed by atoms with Crippen molar-refractivity contribution in [3.05, 3.63) is 53.6 Å². The van der Waals surface area contributed by atoms with E-state index in [0.29, 0.717) is 5.13 Å². The SMILES string of the molecule is O=C(CC(c1ccccc1)N1C(=O)C2C3C=CC(C3)C2C1=O)Nc1nncs1. The van der Waals surface area contributed by atoms with Crippen LogP contribution in [0.25, 0.3) is 0 Å². The number of carbonyl (C=O) groups excluding carboxylic acids is 3. The van der Waals surface area contributed by atoms with Gasteiger partial charge in [0.1, 0.15) is 5.51 Å². The molecule has 1 aromatic heterocycles. The molecule has 3 aliphatic rings. The van der Waals surface area contributed by atoms with Crippen LogP contribution in [0.4, 0.5) is 5.13 Å². The lowest BCUT2D eigenvalue weighted by Crippen LogP contribution is -2.38. The fourth-order valence-electron chi connectivity index (χ4n) is 4.84. The third-order valence-electron chi connectivity index (χ3n) is 5.99. The van der Waals surface area contributed by atoms with Crippen LogP contribution in [0.3, 0.4) is 0 Å². The van der Waals surface area contributed by atoms with Crippen molar-refractivity contribution in [2.24, 2.45) is 23.7 Å². The van der Waals surface area contributed by atoms with Crippen molar-refractivity contribution in [1.29, 1.82) is 0 Å². The quantitative estimate of drug-likeness (QED) is 0.621. The largest absolute Gasteiger partial charge is 0.300 e. The van der Waals surface area contributed by atoms with Gasteiger partial charge in [-0.2, -0.15) is 0 Å². The van der Waals surface area contributed by atoms with Gasteiger partial charge in [-0.15, -0.1) is 10.2 Å². The van der Waals surface area contributed by atoms with Gasteiger partial charge < -0.3 is 5.32 Å². The molecule has 1 saturated heterocycles. The molecule has 2 aliphatic carbocycles. The molecule has 1 saturated carbocycles. The van der Waals surface area contributed by atoms with Gasteiger partial charge in [0.05, 0.1) is 24.3 Å². The minimum atomic E-state index is -0.626. The number of carbonyl (C=O) groups is 3. The van der Waals surface area contributed by atoms with Gasteiger partial charge in [0.25, 0.3) is 0 Å². The molecule has 2 heterocycles. The number of hydrogen-bond donors (Lipinski definition) is 1. The summed E-state index contributed by atoms with van der Waals surface area (Å²) < 4.78 is 0. The van der Waals surface area contributed by atoms with Crippen LogP contribution in [0.15, 0.2) is 48.0 Å². The first-order chi connectivity index (χ1) is 13.6. The molecule has 0 spiro atoms. The molecule has 5 unspecified atom stereocenters. The molecule has 5 rings (SSSR count). The summed E-state index contributed by atoms with van der Waals surface area (Å²) in [6.07, 6.45) is 5.01. The monoisotopic (exact) mass is 394 g/mol. The van der Waals surface area contributed by atoms with Crippen LogP contribution in [0.2, 0.25) is 0 Å². The highest BCUT2D eigenvalue weighted by Gasteiger charge is 2.60. The molecule has 8 heteroatoms. The number of fused-ring (bicyclic) bond motifs is 5. The zero-order chi connectivity index (χ0) is 19.3. The lowest BCUT2D eigenvalue weighted by molar-refractivity contribution is -0.144. The van der Waals surface area contributed by atoms with E-state index in [2.05, 4.69) is 27.7 Å². The molecule has 142 valence electrons. The zero-order valence-corrected chi connectivity index (χ0v) is 15.7. The fraction of sp³-hybridized carbons (Fsp3) is 0.350. The van der Waals surface area contributed by atoms with Crippen LogP contribution in [-0.2, 0) is 14.4 Å². The van der Waals surface area contributed by atoms with Gasteiger partial charge in [-0.25, -0.2) is 0 Å². The molecule has 0 radical (unpaired) electrons. The normalized spacial score (nSPS) is 28.6. The number of amides is 3. The molecule has 2 bridgehead atoms. The van der Waals surface area contributed by atoms with E-state index in [1.807, 2.05) is 30.3 Å². The number of rotatable bonds is 5. The summed E-state index contributed by atoms with van der Waals surface area (Å²) in [6, 6.07) is 8.65. The second kappa shape index (κ2) is 6.63. The first kappa shape index (κ1) is 17.2. The van der Waals surface area contributed by atoms with Gasteiger partial charge in [0, 0.05) is 0 Å². The van der Waals surface area contributed by atoms with Crippen molar-refractivity contribution in [1.82, 2.24) is 15.1 Å². The topological polar surface area (TPSA) is 92.3 Å². The van der Waals surface area contributed by atoms with Crippen LogP contribution in [0.1, 0.15) is 24.4 Å². The second-order valence-electron chi connectivity index (χ2n) is 7.47. The number of nitrogens with one attached hydrogen (secondary N) is 1. The Kier molecular flexibility index (Phi) is 4.08. The number of nitrogens with zero attached hydrogens (tertiary/aromatic N) is 3. The summed E-state index contributed by atoms with van der Waals surface area (Å²) >= 11 is 1.22. The highest BCUT2D eigenvalue weighted by atomic mass is 32.1. The number of likely N-dealkylation sites (tertiary alicyclic amines) is 1. The Balaban J connectivity index is 1.44. The Hall–Kier alpha value is -2.87. The van der Waals surface area contributed by atoms with E-state index >= 15 is 0 Å². The summed E-state index contributed by atoms with van der Waals surface area (Å²) in [5.74, 6) is -0.871. The van der Waals surface area contributed by atoms with Crippen molar-refractivity contribution < 1.29 is 14.4 Å². The van der Waals surface area contributed by atoms with Crippen molar-refractivity contribution in [2.75, 3.05) is 5.32 Å². The summed E-state index contributed by atoms with van der Waals surface area (Å²) in [5.41, 5.74) is 2.30. The van der Waals surface area contributed by atoms with Gasteiger partial charge in [-0.3, -0.25) is 19.3 Å². The van der Waals surface area contributed by atoms with Gasteiger partial charge >= 0.3 is 0 Å². The number of benzene rings is 1. The predicted octanol–water partition coefficient (Wildman–Crippen LogP) is 2.42. The smallest absolute Gasteiger partial charge is 0.234 e. The maximum Gasteiger partial charge on any atom is 0.234 e. The van der Waals surface area contributed by atoms with Crippen molar-refractivity contribution in [3.8, 4) is 0 Å². The molecule has 1 aliphatic heterocycles. The van der Waals surface area contributed by atoms with Crippen LogP contribution in [0, 0.1) is 23.7 Å². The van der Waals surface area contributed by atoms with Crippen LogP contribution >= 0.6 is 11.3 Å². The molecule has 2 aromatic rings. The predicted molar refractivity (Wildman–Crippen MR) is 102 cm³/mol. The third kappa shape index (κ3) is 2.67. The maximum atomic E-state index is 13.2. The molecule has 1 N–H and O–H groups in total. The van der Waals surface area contributed by atoms with Crippen molar-refractivity contribution in [2.45, 2.75) is 18.9 Å². The molecular formula is C20H18N4O3S. The Morgan fingerprint density at radius 3 is 2.43 bits per heavy atom. The van der Waals surface area contributed by atoms with E-state index in [4.69, 9.17) is 0 Å². The molecule has 2 fully saturated rings. The molecular weight excluding hydrogens is 376 g/mol. The fourth-order valence-corrected chi connectivity index (χ4v) is 5.30. The third-order valence-corrected chi connectivity index (χ3v) is 6.59. The molecule has 7 nitrogen and oxygen atoms in total. The zero-order valence-electron chi connectivity index (χ0n) is 14.9. The van der Waals surface area contributed by atoms with E-state index < -0.39 is 6.04 Å². The molecule has 1 aromatic carbocycles. The van der Waals surface area contributed by atoms with Gasteiger partial charge in [0.2, 0.25) is 22.9 Å². The van der Waals surface area contributed by atoms with E-state index in [1.165, 1.54) is 21.7 Å². The van der Waals surface area contributed by atoms with Crippen LogP contribution in [0.5, 0.6) is 0 Å². The highest BCUT2D eigenvalue weighted by Crippen LogP contribution is 2.54. The minimum Gasteiger partial charge on any atom is -0.300 e. The van der Waals surface area contributed by atoms with E-state index in [0.717, 1.165) is 12.0 Å². The first-order valence-corrected chi connectivity index (χ1v) is 10.2. The standard InChI is InChI=1S/C20H18N4O3S/c25-15(22-20-23-21-10-28-20)9-14(11-4-2-1-3-5-11)24-18(26)16-12-6-7-13(8-12)17(16)19(24)27/h1-7,10,12-14,16-17H,8-9H2,(H,22,23,25). The molecule has 3 amide bonds. The molecule has 5 atom stereocenters. The average molecular weight is 394 g/mol. The number of hydrogen-bond acceptors (Lipinski definition) is 6. The van der Waals surface area contributed by atoms with Crippen LogP contribution in [-0.4, -0.2) is 32.8 Å². The highest BCUT2D eigenvalue weighted by molar-refractivity contribution is 7.13. The Bertz CT molecular complexity index is 929. The second-order valence-corrected chi connectivity index (χ2v) is 8.30.